The molecule has 1 fully saturated rings. The number of fused-ring (bicyclic) bond motifs is 1. The maximum absolute atomic E-state index is 13.7. The second-order valence-electron chi connectivity index (χ2n) is 11.2. The zero-order chi connectivity index (χ0) is 29.6. The lowest BCUT2D eigenvalue weighted by atomic mass is 10.0. The molecule has 4 aromatic rings. The molecular weight excluding hydrogens is 558 g/mol. The molecule has 2 aromatic carbocycles. The number of piperidine rings is 1. The number of hydrogen-bond donors (Lipinski definition) is 2. The van der Waals surface area contributed by atoms with E-state index in [0.717, 1.165) is 69.0 Å². The molecular formula is C34H37N5O3S. The average molecular weight is 596 g/mol. The lowest BCUT2D eigenvalue weighted by molar-refractivity contribution is 0.0600. The summed E-state index contributed by atoms with van der Waals surface area (Å²) in [5, 5.41) is 7.12. The van der Waals surface area contributed by atoms with E-state index in [1.807, 2.05) is 12.1 Å². The first-order valence-electron chi connectivity index (χ1n) is 14.9. The molecule has 0 radical (unpaired) electrons. The first-order chi connectivity index (χ1) is 21.1. The van der Waals surface area contributed by atoms with E-state index in [1.165, 1.54) is 29.6 Å². The Hall–Kier alpha value is -4.05. The van der Waals surface area contributed by atoms with Crippen molar-refractivity contribution in [3.8, 4) is 0 Å². The van der Waals surface area contributed by atoms with Gasteiger partial charge < -0.3 is 15.4 Å². The summed E-state index contributed by atoms with van der Waals surface area (Å²) in [6.07, 6.45) is 4.36. The number of benzene rings is 2. The van der Waals surface area contributed by atoms with Gasteiger partial charge in [-0.25, -0.2) is 9.78 Å². The zero-order valence-corrected chi connectivity index (χ0v) is 25.2. The van der Waals surface area contributed by atoms with E-state index < -0.39 is 5.97 Å². The molecule has 2 aliphatic rings. The largest absolute Gasteiger partial charge is 0.465 e. The van der Waals surface area contributed by atoms with Crippen LogP contribution in [0.2, 0.25) is 0 Å². The van der Waals surface area contributed by atoms with Gasteiger partial charge in [-0.3, -0.25) is 14.6 Å². The summed E-state index contributed by atoms with van der Waals surface area (Å²) in [6, 6.07) is 24.7. The third-order valence-corrected chi connectivity index (χ3v) is 9.36. The minimum absolute atomic E-state index is 0.226. The summed E-state index contributed by atoms with van der Waals surface area (Å²) in [5.41, 5.74) is 4.48. The fraction of sp³-hybridized carbons (Fsp3) is 0.324. The molecule has 0 atom stereocenters. The van der Waals surface area contributed by atoms with Crippen molar-refractivity contribution in [2.75, 3.05) is 37.4 Å². The van der Waals surface area contributed by atoms with Gasteiger partial charge in [0.1, 0.15) is 10.8 Å². The quantitative estimate of drug-likeness (QED) is 0.236. The van der Waals surface area contributed by atoms with Crippen molar-refractivity contribution < 1.29 is 14.3 Å². The molecule has 0 saturated carbocycles. The van der Waals surface area contributed by atoms with Crippen molar-refractivity contribution in [1.82, 2.24) is 14.8 Å². The fourth-order valence-electron chi connectivity index (χ4n) is 5.98. The Balaban J connectivity index is 1.13. The van der Waals surface area contributed by atoms with Crippen LogP contribution in [0.3, 0.4) is 0 Å². The van der Waals surface area contributed by atoms with Crippen LogP contribution >= 0.6 is 11.3 Å². The molecule has 2 aromatic heterocycles. The Morgan fingerprint density at radius 3 is 2.26 bits per heavy atom. The number of methoxy groups -OCH3 is 1. The SMILES string of the molecule is COC(=O)c1c(NC(=O)c2cccnc2NC2CCN(Cc3ccccc3)CC2)sc2c1CCN(Cc1ccccc1)C2. The Kier molecular flexibility index (Phi) is 9.12. The minimum atomic E-state index is -0.420. The van der Waals surface area contributed by atoms with Crippen LogP contribution in [0, 0.1) is 0 Å². The maximum Gasteiger partial charge on any atom is 0.341 e. The maximum atomic E-state index is 13.7. The predicted molar refractivity (Wildman–Crippen MR) is 170 cm³/mol. The number of ether oxygens (including phenoxy) is 1. The van der Waals surface area contributed by atoms with E-state index in [2.05, 4.69) is 73.9 Å². The van der Waals surface area contributed by atoms with Gasteiger partial charge in [0.25, 0.3) is 5.91 Å². The molecule has 2 aliphatic heterocycles. The van der Waals surface area contributed by atoms with Gasteiger partial charge in [0.2, 0.25) is 0 Å². The highest BCUT2D eigenvalue weighted by atomic mass is 32.1. The van der Waals surface area contributed by atoms with Gasteiger partial charge in [-0.15, -0.1) is 11.3 Å². The van der Waals surface area contributed by atoms with E-state index in [9.17, 15) is 9.59 Å². The number of carbonyl (C=O) groups excluding carboxylic acids is 2. The predicted octanol–water partition coefficient (Wildman–Crippen LogP) is 5.82. The van der Waals surface area contributed by atoms with E-state index in [4.69, 9.17) is 4.74 Å². The Morgan fingerprint density at radius 1 is 0.907 bits per heavy atom. The van der Waals surface area contributed by atoms with Crippen molar-refractivity contribution in [2.45, 2.75) is 44.9 Å². The highest BCUT2D eigenvalue weighted by molar-refractivity contribution is 7.17. The number of likely N-dealkylation sites (tertiary alicyclic amines) is 1. The number of amides is 1. The summed E-state index contributed by atoms with van der Waals surface area (Å²) < 4.78 is 5.16. The molecule has 43 heavy (non-hydrogen) atoms. The molecule has 0 aliphatic carbocycles. The van der Waals surface area contributed by atoms with Crippen molar-refractivity contribution in [1.29, 1.82) is 0 Å². The molecule has 1 saturated heterocycles. The van der Waals surface area contributed by atoms with Gasteiger partial charge >= 0.3 is 5.97 Å². The standard InChI is InChI=1S/C34H37N5O3S/c1-42-34(41)30-27-16-20-39(22-25-11-6-3-7-12-25)23-29(27)43-33(30)37-32(40)28-13-8-17-35-31(28)36-26-14-18-38(19-15-26)21-24-9-4-2-5-10-24/h2-13,17,26H,14-16,18-23H2,1H3,(H,35,36)(H,37,40). The summed E-state index contributed by atoms with van der Waals surface area (Å²) in [5.74, 6) is -0.144. The number of rotatable bonds is 9. The van der Waals surface area contributed by atoms with Crippen molar-refractivity contribution >= 4 is 34.0 Å². The van der Waals surface area contributed by atoms with Gasteiger partial charge in [-0.05, 0) is 48.1 Å². The number of esters is 1. The minimum Gasteiger partial charge on any atom is -0.465 e. The molecule has 0 bridgehead atoms. The number of carbonyl (C=O) groups is 2. The first kappa shape index (κ1) is 29.0. The second-order valence-corrected chi connectivity index (χ2v) is 12.3. The van der Waals surface area contributed by atoms with Crippen LogP contribution < -0.4 is 10.6 Å². The van der Waals surface area contributed by atoms with Crippen LogP contribution in [0.5, 0.6) is 0 Å². The summed E-state index contributed by atoms with van der Waals surface area (Å²) in [7, 11) is 1.39. The molecule has 0 spiro atoms. The molecule has 6 rings (SSSR count). The summed E-state index contributed by atoms with van der Waals surface area (Å²) >= 11 is 1.46. The van der Waals surface area contributed by atoms with Crippen molar-refractivity contribution in [3.63, 3.8) is 0 Å². The zero-order valence-electron chi connectivity index (χ0n) is 24.4. The Labute approximate surface area is 256 Å². The van der Waals surface area contributed by atoms with Crippen LogP contribution in [0.25, 0.3) is 0 Å². The molecule has 2 N–H and O–H groups in total. The number of thiophene rings is 1. The van der Waals surface area contributed by atoms with Crippen LogP contribution in [-0.4, -0.2) is 59.4 Å². The Bertz CT molecular complexity index is 1550. The number of nitrogens with zero attached hydrogens (tertiary/aromatic N) is 3. The van der Waals surface area contributed by atoms with Gasteiger partial charge in [0.05, 0.1) is 18.2 Å². The molecule has 8 nitrogen and oxygen atoms in total. The average Bonchev–Trinajstić information content (AvgIpc) is 3.39. The number of aromatic nitrogens is 1. The first-order valence-corrected chi connectivity index (χ1v) is 15.7. The molecule has 4 heterocycles. The summed E-state index contributed by atoms with van der Waals surface area (Å²) in [4.78, 5) is 37.0. The van der Waals surface area contributed by atoms with Gasteiger partial charge in [-0.1, -0.05) is 60.7 Å². The number of hydrogen-bond acceptors (Lipinski definition) is 8. The fourth-order valence-corrected chi connectivity index (χ4v) is 7.26. The van der Waals surface area contributed by atoms with Crippen molar-refractivity contribution in [2.24, 2.45) is 0 Å². The van der Waals surface area contributed by atoms with Crippen LogP contribution in [-0.2, 0) is 30.8 Å². The summed E-state index contributed by atoms with van der Waals surface area (Å²) in [6.45, 7) is 5.29. The second kappa shape index (κ2) is 13.5. The van der Waals surface area contributed by atoms with E-state index in [0.29, 0.717) is 21.9 Å². The third kappa shape index (κ3) is 6.96. The Morgan fingerprint density at radius 2 is 1.58 bits per heavy atom. The smallest absolute Gasteiger partial charge is 0.341 e. The lowest BCUT2D eigenvalue weighted by Gasteiger charge is -2.32. The van der Waals surface area contributed by atoms with Crippen LogP contribution in [0.1, 0.15) is 55.1 Å². The third-order valence-electron chi connectivity index (χ3n) is 8.23. The lowest BCUT2D eigenvalue weighted by Crippen LogP contribution is -2.39. The highest BCUT2D eigenvalue weighted by Crippen LogP contribution is 2.38. The van der Waals surface area contributed by atoms with Crippen LogP contribution in [0.4, 0.5) is 10.8 Å². The molecule has 222 valence electrons. The van der Waals surface area contributed by atoms with E-state index >= 15 is 0 Å². The number of anilines is 2. The van der Waals surface area contributed by atoms with Crippen molar-refractivity contribution in [3.05, 3.63) is 112 Å². The topological polar surface area (TPSA) is 86.8 Å². The highest BCUT2D eigenvalue weighted by Gasteiger charge is 2.30. The molecule has 1 amide bonds. The number of pyridine rings is 1. The van der Waals surface area contributed by atoms with Crippen LogP contribution in [0.15, 0.2) is 79.0 Å². The van der Waals surface area contributed by atoms with E-state index in [-0.39, 0.29) is 11.9 Å². The van der Waals surface area contributed by atoms with Gasteiger partial charge in [-0.2, -0.15) is 0 Å². The monoisotopic (exact) mass is 595 g/mol. The molecule has 9 heteroatoms. The van der Waals surface area contributed by atoms with Gasteiger partial charge in [0, 0.05) is 56.4 Å². The number of nitrogens with one attached hydrogen (secondary N) is 2. The molecule has 0 unspecified atom stereocenters. The van der Waals surface area contributed by atoms with Gasteiger partial charge in [0.15, 0.2) is 0 Å². The van der Waals surface area contributed by atoms with E-state index in [1.54, 1.807) is 18.3 Å². The normalized spacial score (nSPS) is 15.9.